The molecule has 84 valence electrons. The van der Waals surface area contributed by atoms with Gasteiger partial charge in [0.15, 0.2) is 0 Å². The van der Waals surface area contributed by atoms with Crippen molar-refractivity contribution in [1.82, 2.24) is 0 Å². The summed E-state index contributed by atoms with van der Waals surface area (Å²) in [6, 6.07) is 6.33. The molecular weight excluding hydrogens is 315 g/mol. The second kappa shape index (κ2) is 4.87. The molecular formula is C12H19IOSi. The van der Waals surface area contributed by atoms with Crippen LogP contribution in [-0.2, 0) is 0 Å². The van der Waals surface area contributed by atoms with Gasteiger partial charge in [-0.3, -0.25) is 0 Å². The van der Waals surface area contributed by atoms with Gasteiger partial charge >= 0.3 is 0 Å². The van der Waals surface area contributed by atoms with Crippen molar-refractivity contribution in [3.63, 3.8) is 0 Å². The van der Waals surface area contributed by atoms with Gasteiger partial charge in [-0.2, -0.15) is 0 Å². The third-order valence-corrected chi connectivity index (χ3v) is 5.28. The smallest absolute Gasteiger partial charge is 0.120 e. The first kappa shape index (κ1) is 13.0. The zero-order chi connectivity index (χ0) is 11.6. The van der Waals surface area contributed by atoms with Gasteiger partial charge in [0.2, 0.25) is 0 Å². The Morgan fingerprint density at radius 3 is 2.27 bits per heavy atom. The summed E-state index contributed by atoms with van der Waals surface area (Å²) in [6.07, 6.45) is 0. The lowest BCUT2D eigenvalue weighted by Crippen LogP contribution is -2.32. The maximum absolute atomic E-state index is 6.00. The molecule has 1 nitrogen and oxygen atoms in total. The number of rotatable bonds is 2. The molecule has 0 aliphatic rings. The average molecular weight is 334 g/mol. The van der Waals surface area contributed by atoms with Crippen LogP contribution in [0.15, 0.2) is 18.2 Å². The molecule has 0 aliphatic carbocycles. The van der Waals surface area contributed by atoms with E-state index in [1.165, 1.54) is 8.76 Å². The summed E-state index contributed by atoms with van der Waals surface area (Å²) in [5, 5.41) is 1.45. The van der Waals surface area contributed by atoms with Crippen molar-refractivity contribution in [2.45, 2.75) is 39.5 Å². The Kier molecular flexibility index (Phi) is 4.23. The van der Waals surface area contributed by atoms with Crippen LogP contribution in [0, 0.1) is 3.57 Å². The van der Waals surface area contributed by atoms with Crippen molar-refractivity contribution in [3.8, 4) is 5.75 Å². The van der Waals surface area contributed by atoms with Crippen molar-refractivity contribution in [2.75, 3.05) is 0 Å². The van der Waals surface area contributed by atoms with E-state index >= 15 is 0 Å². The summed E-state index contributed by atoms with van der Waals surface area (Å²) in [4.78, 5) is 0. The Hall–Kier alpha value is -0.0331. The Bertz CT molecular complexity index is 342. The minimum atomic E-state index is -0.830. The molecule has 0 aromatic heterocycles. The number of benzene rings is 1. The highest BCUT2D eigenvalue weighted by Crippen LogP contribution is 2.19. The maximum Gasteiger partial charge on any atom is 0.120 e. The van der Waals surface area contributed by atoms with Crippen LogP contribution in [0.2, 0.25) is 13.1 Å². The van der Waals surface area contributed by atoms with Gasteiger partial charge in [-0.05, 0) is 60.7 Å². The summed E-state index contributed by atoms with van der Waals surface area (Å²) in [6.45, 7) is 11.0. The van der Waals surface area contributed by atoms with Crippen molar-refractivity contribution in [2.24, 2.45) is 0 Å². The fraction of sp³-hybridized carbons (Fsp3) is 0.500. The second-order valence-corrected chi connectivity index (χ2v) is 9.07. The lowest BCUT2D eigenvalue weighted by atomic mass is 10.2. The lowest BCUT2D eigenvalue weighted by molar-refractivity contribution is 0.132. The van der Waals surface area contributed by atoms with E-state index < -0.39 is 8.80 Å². The average Bonchev–Trinajstić information content (AvgIpc) is 1.99. The standard InChI is InChI=1S/C12H19IOSi/c1-12(2,3)14-10-8-6-7-9(13)11(10)15(4)5/h6-8,15H,1-5H3. The van der Waals surface area contributed by atoms with Crippen LogP contribution in [0.4, 0.5) is 0 Å². The minimum absolute atomic E-state index is 0.109. The zero-order valence-electron chi connectivity index (χ0n) is 10.1. The van der Waals surface area contributed by atoms with E-state index in [0.717, 1.165) is 5.75 Å². The molecule has 0 saturated carbocycles. The van der Waals surface area contributed by atoms with Gasteiger partial charge in [-0.15, -0.1) is 0 Å². The first-order valence-electron chi connectivity index (χ1n) is 5.28. The number of hydrogen-bond acceptors (Lipinski definition) is 1. The van der Waals surface area contributed by atoms with Crippen LogP contribution in [0.1, 0.15) is 20.8 Å². The Labute approximate surface area is 108 Å². The summed E-state index contributed by atoms with van der Waals surface area (Å²) in [7, 11) is -0.830. The highest BCUT2D eigenvalue weighted by atomic mass is 127. The quantitative estimate of drug-likeness (QED) is 0.596. The van der Waals surface area contributed by atoms with Gasteiger partial charge in [0.05, 0.1) is 8.80 Å². The molecule has 0 N–H and O–H groups in total. The van der Waals surface area contributed by atoms with E-state index in [-0.39, 0.29) is 5.60 Å². The van der Waals surface area contributed by atoms with Crippen LogP contribution in [0.25, 0.3) is 0 Å². The third kappa shape index (κ3) is 3.79. The fourth-order valence-corrected chi connectivity index (χ4v) is 5.21. The third-order valence-electron chi connectivity index (χ3n) is 2.01. The first-order valence-corrected chi connectivity index (χ1v) is 9.25. The summed E-state index contributed by atoms with van der Waals surface area (Å²) in [5.74, 6) is 1.08. The number of hydrogen-bond donors (Lipinski definition) is 0. The van der Waals surface area contributed by atoms with Crippen molar-refractivity contribution >= 4 is 36.6 Å². The summed E-state index contributed by atoms with van der Waals surface area (Å²) < 4.78 is 7.35. The highest BCUT2D eigenvalue weighted by Gasteiger charge is 2.17. The molecule has 0 spiro atoms. The molecule has 0 fully saturated rings. The molecule has 1 aromatic carbocycles. The topological polar surface area (TPSA) is 9.23 Å². The van der Waals surface area contributed by atoms with E-state index in [1.807, 2.05) is 0 Å². The lowest BCUT2D eigenvalue weighted by Gasteiger charge is -2.24. The van der Waals surface area contributed by atoms with Crippen LogP contribution >= 0.6 is 22.6 Å². The molecule has 3 heteroatoms. The molecule has 0 heterocycles. The van der Waals surface area contributed by atoms with Crippen LogP contribution in [0.3, 0.4) is 0 Å². The van der Waals surface area contributed by atoms with Crippen LogP contribution < -0.4 is 9.92 Å². The fourth-order valence-electron chi connectivity index (χ4n) is 1.50. The summed E-state index contributed by atoms with van der Waals surface area (Å²) >= 11 is 2.41. The van der Waals surface area contributed by atoms with E-state index in [9.17, 15) is 0 Å². The van der Waals surface area contributed by atoms with Gasteiger partial charge in [0, 0.05) is 3.57 Å². The SMILES string of the molecule is C[SiH](C)c1c(I)cccc1OC(C)(C)C. The summed E-state index contributed by atoms with van der Waals surface area (Å²) in [5.41, 5.74) is -0.109. The van der Waals surface area contributed by atoms with Gasteiger partial charge in [0.1, 0.15) is 11.4 Å². The molecule has 0 unspecified atom stereocenters. The number of halogens is 1. The minimum Gasteiger partial charge on any atom is -0.488 e. The normalized spacial score (nSPS) is 11.9. The van der Waals surface area contributed by atoms with Crippen LogP contribution in [-0.4, -0.2) is 14.4 Å². The Morgan fingerprint density at radius 1 is 1.20 bits per heavy atom. The van der Waals surface area contributed by atoms with Gasteiger partial charge in [-0.25, -0.2) is 0 Å². The number of ether oxygens (including phenoxy) is 1. The largest absolute Gasteiger partial charge is 0.488 e. The van der Waals surface area contributed by atoms with E-state index in [0.29, 0.717) is 0 Å². The van der Waals surface area contributed by atoms with Gasteiger partial charge < -0.3 is 4.74 Å². The molecule has 0 aliphatic heterocycles. The molecule has 1 aromatic rings. The molecule has 0 bridgehead atoms. The predicted molar refractivity (Wildman–Crippen MR) is 78.1 cm³/mol. The second-order valence-electron chi connectivity index (χ2n) is 5.02. The molecule has 0 amide bonds. The molecule has 1 rings (SSSR count). The Morgan fingerprint density at radius 2 is 1.80 bits per heavy atom. The molecule has 15 heavy (non-hydrogen) atoms. The molecule has 0 radical (unpaired) electrons. The van der Waals surface area contributed by atoms with E-state index in [1.54, 1.807) is 0 Å². The first-order chi connectivity index (χ1) is 6.81. The highest BCUT2D eigenvalue weighted by molar-refractivity contribution is 14.1. The van der Waals surface area contributed by atoms with Crippen molar-refractivity contribution in [3.05, 3.63) is 21.8 Å². The monoisotopic (exact) mass is 334 g/mol. The van der Waals surface area contributed by atoms with Gasteiger partial charge in [0.25, 0.3) is 0 Å². The van der Waals surface area contributed by atoms with Gasteiger partial charge in [-0.1, -0.05) is 19.2 Å². The van der Waals surface area contributed by atoms with Crippen molar-refractivity contribution < 1.29 is 4.74 Å². The maximum atomic E-state index is 6.00. The predicted octanol–water partition coefficient (Wildman–Crippen LogP) is 3.16. The molecule has 0 atom stereocenters. The molecule has 0 saturated heterocycles. The van der Waals surface area contributed by atoms with E-state index in [4.69, 9.17) is 4.74 Å². The van der Waals surface area contributed by atoms with E-state index in [2.05, 4.69) is 74.7 Å². The van der Waals surface area contributed by atoms with Crippen LogP contribution in [0.5, 0.6) is 5.75 Å². The Balaban J connectivity index is 3.12. The van der Waals surface area contributed by atoms with Crippen molar-refractivity contribution in [1.29, 1.82) is 0 Å². The zero-order valence-corrected chi connectivity index (χ0v) is 13.4.